The molecular weight excluding hydrogens is 344 g/mol. The van der Waals surface area contributed by atoms with Crippen molar-refractivity contribution in [3.8, 4) is 11.5 Å². The fourth-order valence-corrected chi connectivity index (χ4v) is 3.87. The van der Waals surface area contributed by atoms with E-state index in [1.165, 1.54) is 16.0 Å². The zero-order chi connectivity index (χ0) is 18.4. The number of nitrogens with two attached hydrogens (primary N) is 1. The first-order valence-electron chi connectivity index (χ1n) is 8.68. The normalized spacial score (nSPS) is 10.7. The molecule has 3 rings (SSSR count). The molecule has 2 aromatic carbocycles. The summed E-state index contributed by atoms with van der Waals surface area (Å²) in [6, 6.07) is 16.4. The minimum absolute atomic E-state index is 0.641. The largest absolute Gasteiger partial charge is 0.497 e. The van der Waals surface area contributed by atoms with Gasteiger partial charge >= 0.3 is 0 Å². The first kappa shape index (κ1) is 18.3. The van der Waals surface area contributed by atoms with Gasteiger partial charge in [-0.25, -0.2) is 4.98 Å². The second-order valence-corrected chi connectivity index (χ2v) is 7.27. The summed E-state index contributed by atoms with van der Waals surface area (Å²) >= 11 is 1.58. The highest BCUT2D eigenvalue weighted by Crippen LogP contribution is 2.26. The Hall–Kier alpha value is -2.53. The van der Waals surface area contributed by atoms with Crippen molar-refractivity contribution in [3.05, 3.63) is 70.2 Å². The molecule has 0 atom stereocenters. The molecule has 0 radical (unpaired) electrons. The number of hydrogen-bond donors (Lipinski definition) is 1. The third-order valence-corrected chi connectivity index (χ3v) is 5.26. The van der Waals surface area contributed by atoms with Crippen molar-refractivity contribution >= 4 is 16.5 Å². The Balaban J connectivity index is 1.62. The van der Waals surface area contributed by atoms with Gasteiger partial charge in [-0.1, -0.05) is 24.3 Å². The van der Waals surface area contributed by atoms with Crippen molar-refractivity contribution in [2.45, 2.75) is 25.7 Å². The summed E-state index contributed by atoms with van der Waals surface area (Å²) in [5.74, 6) is 1.77. The summed E-state index contributed by atoms with van der Waals surface area (Å²) in [5, 5.41) is 0.641. The standard InChI is InChI=1S/C21H24N2O2S/c1-24-17-11-9-15(10-12-17)5-4-8-19-20(26-21(22)23-19)14-16-6-3-7-18(13-16)25-2/h3,6-7,9-13H,4-5,8,14H2,1-2H3,(H2,22,23). The monoisotopic (exact) mass is 368 g/mol. The van der Waals surface area contributed by atoms with Gasteiger partial charge < -0.3 is 15.2 Å². The Morgan fingerprint density at radius 1 is 0.923 bits per heavy atom. The maximum Gasteiger partial charge on any atom is 0.180 e. The fraction of sp³-hybridized carbons (Fsp3) is 0.286. The van der Waals surface area contributed by atoms with Gasteiger partial charge in [-0.05, 0) is 54.7 Å². The molecule has 0 aliphatic rings. The maximum atomic E-state index is 5.97. The molecule has 0 spiro atoms. The fourth-order valence-electron chi connectivity index (χ4n) is 2.96. The zero-order valence-electron chi connectivity index (χ0n) is 15.2. The van der Waals surface area contributed by atoms with Crippen molar-refractivity contribution in [3.63, 3.8) is 0 Å². The molecule has 2 N–H and O–H groups in total. The van der Waals surface area contributed by atoms with Gasteiger partial charge in [-0.15, -0.1) is 11.3 Å². The van der Waals surface area contributed by atoms with Crippen molar-refractivity contribution in [1.82, 2.24) is 4.98 Å². The predicted molar refractivity (Wildman–Crippen MR) is 107 cm³/mol. The van der Waals surface area contributed by atoms with Gasteiger partial charge in [0.15, 0.2) is 5.13 Å². The minimum atomic E-state index is 0.641. The number of ether oxygens (including phenoxy) is 2. The number of nitrogen functional groups attached to an aromatic ring is 1. The van der Waals surface area contributed by atoms with Gasteiger partial charge in [-0.3, -0.25) is 0 Å². The molecule has 136 valence electrons. The number of nitrogens with zero attached hydrogens (tertiary/aromatic N) is 1. The number of benzene rings is 2. The third-order valence-electron chi connectivity index (χ3n) is 4.33. The average molecular weight is 369 g/mol. The van der Waals surface area contributed by atoms with Gasteiger partial charge in [0.05, 0.1) is 19.9 Å². The second kappa shape index (κ2) is 8.72. The van der Waals surface area contributed by atoms with Crippen LogP contribution >= 0.6 is 11.3 Å². The van der Waals surface area contributed by atoms with Gasteiger partial charge in [0.2, 0.25) is 0 Å². The van der Waals surface area contributed by atoms with E-state index in [2.05, 4.69) is 29.2 Å². The van der Waals surface area contributed by atoms with Gasteiger partial charge in [0.1, 0.15) is 11.5 Å². The topological polar surface area (TPSA) is 57.4 Å². The molecule has 0 aliphatic carbocycles. The zero-order valence-corrected chi connectivity index (χ0v) is 16.0. The van der Waals surface area contributed by atoms with E-state index in [0.717, 1.165) is 42.9 Å². The molecule has 26 heavy (non-hydrogen) atoms. The molecule has 0 saturated heterocycles. The highest BCUT2D eigenvalue weighted by molar-refractivity contribution is 7.15. The Morgan fingerprint density at radius 3 is 2.42 bits per heavy atom. The molecule has 1 heterocycles. The van der Waals surface area contributed by atoms with E-state index < -0.39 is 0 Å². The lowest BCUT2D eigenvalue weighted by Gasteiger charge is -2.06. The third kappa shape index (κ3) is 4.76. The Morgan fingerprint density at radius 2 is 1.69 bits per heavy atom. The molecule has 4 nitrogen and oxygen atoms in total. The molecule has 3 aromatic rings. The average Bonchev–Trinajstić information content (AvgIpc) is 3.01. The Labute approximate surface area is 158 Å². The van der Waals surface area contributed by atoms with Crippen LogP contribution in [0.1, 0.15) is 28.1 Å². The van der Waals surface area contributed by atoms with Crippen LogP contribution in [0.2, 0.25) is 0 Å². The van der Waals surface area contributed by atoms with Crippen LogP contribution in [0.4, 0.5) is 5.13 Å². The van der Waals surface area contributed by atoms with Gasteiger partial charge in [0, 0.05) is 11.3 Å². The summed E-state index contributed by atoms with van der Waals surface area (Å²) in [4.78, 5) is 5.79. The smallest absolute Gasteiger partial charge is 0.180 e. The molecule has 0 unspecified atom stereocenters. The van der Waals surface area contributed by atoms with Crippen LogP contribution in [0.5, 0.6) is 11.5 Å². The van der Waals surface area contributed by atoms with Crippen LogP contribution in [-0.2, 0) is 19.3 Å². The predicted octanol–water partition coefficient (Wildman–Crippen LogP) is 4.51. The molecule has 0 fully saturated rings. The number of methoxy groups -OCH3 is 2. The summed E-state index contributed by atoms with van der Waals surface area (Å²) < 4.78 is 10.5. The first-order valence-corrected chi connectivity index (χ1v) is 9.49. The minimum Gasteiger partial charge on any atom is -0.497 e. The van der Waals surface area contributed by atoms with Crippen LogP contribution in [0.25, 0.3) is 0 Å². The molecule has 1 aromatic heterocycles. The van der Waals surface area contributed by atoms with E-state index in [9.17, 15) is 0 Å². The number of aromatic nitrogens is 1. The highest BCUT2D eigenvalue weighted by Gasteiger charge is 2.11. The number of aryl methyl sites for hydroxylation is 2. The molecule has 5 heteroatoms. The van der Waals surface area contributed by atoms with E-state index in [1.807, 2.05) is 24.3 Å². The quantitative estimate of drug-likeness (QED) is 0.636. The lowest BCUT2D eigenvalue weighted by molar-refractivity contribution is 0.414. The van der Waals surface area contributed by atoms with E-state index in [0.29, 0.717) is 5.13 Å². The number of anilines is 1. The summed E-state index contributed by atoms with van der Waals surface area (Å²) in [6.45, 7) is 0. The first-order chi connectivity index (χ1) is 12.7. The summed E-state index contributed by atoms with van der Waals surface area (Å²) in [5.41, 5.74) is 9.61. The van der Waals surface area contributed by atoms with Crippen LogP contribution < -0.4 is 15.2 Å². The second-order valence-electron chi connectivity index (χ2n) is 6.15. The van der Waals surface area contributed by atoms with Crippen molar-refractivity contribution < 1.29 is 9.47 Å². The summed E-state index contributed by atoms with van der Waals surface area (Å²) in [7, 11) is 3.37. The van der Waals surface area contributed by atoms with Crippen LogP contribution in [0, 0.1) is 0 Å². The lowest BCUT2D eigenvalue weighted by atomic mass is 10.0. The maximum absolute atomic E-state index is 5.97. The number of thiazole rings is 1. The van der Waals surface area contributed by atoms with E-state index >= 15 is 0 Å². The molecule has 0 aliphatic heterocycles. The lowest BCUT2D eigenvalue weighted by Crippen LogP contribution is -1.96. The Bertz CT molecular complexity index is 843. The van der Waals surface area contributed by atoms with Crippen molar-refractivity contribution in [1.29, 1.82) is 0 Å². The molecule has 0 amide bonds. The SMILES string of the molecule is COc1ccc(CCCc2nc(N)sc2Cc2cccc(OC)c2)cc1. The van der Waals surface area contributed by atoms with Crippen LogP contribution in [-0.4, -0.2) is 19.2 Å². The van der Waals surface area contributed by atoms with Gasteiger partial charge in [0.25, 0.3) is 0 Å². The number of hydrogen-bond acceptors (Lipinski definition) is 5. The van der Waals surface area contributed by atoms with Crippen LogP contribution in [0.15, 0.2) is 48.5 Å². The summed E-state index contributed by atoms with van der Waals surface area (Å²) in [6.07, 6.45) is 3.82. The molecule has 0 saturated carbocycles. The van der Waals surface area contributed by atoms with Crippen LogP contribution in [0.3, 0.4) is 0 Å². The van der Waals surface area contributed by atoms with E-state index in [1.54, 1.807) is 25.6 Å². The highest BCUT2D eigenvalue weighted by atomic mass is 32.1. The molecule has 0 bridgehead atoms. The number of rotatable bonds is 8. The van der Waals surface area contributed by atoms with Gasteiger partial charge in [-0.2, -0.15) is 0 Å². The van der Waals surface area contributed by atoms with Crippen molar-refractivity contribution in [2.75, 3.05) is 20.0 Å². The van der Waals surface area contributed by atoms with E-state index in [4.69, 9.17) is 15.2 Å². The van der Waals surface area contributed by atoms with Crippen molar-refractivity contribution in [2.24, 2.45) is 0 Å². The molecular formula is C21H24N2O2S. The Kier molecular flexibility index (Phi) is 6.12. The van der Waals surface area contributed by atoms with E-state index in [-0.39, 0.29) is 0 Å².